The number of nitrogens with two attached hydrogens (primary N) is 1. The van der Waals surface area contributed by atoms with Crippen molar-refractivity contribution in [3.63, 3.8) is 0 Å². The third-order valence-corrected chi connectivity index (χ3v) is 3.61. The zero-order chi connectivity index (χ0) is 16.8. The van der Waals surface area contributed by atoms with Crippen LogP contribution in [0.1, 0.15) is 40.9 Å². The number of aryl methyl sites for hydroxylation is 1. The van der Waals surface area contributed by atoms with E-state index in [4.69, 9.17) is 5.73 Å². The van der Waals surface area contributed by atoms with Crippen LogP contribution in [0.15, 0.2) is 48.5 Å². The molecule has 5 heteroatoms. The minimum Gasteiger partial charge on any atom is -0.351 e. The Kier molecular flexibility index (Phi) is 5.36. The van der Waals surface area contributed by atoms with Gasteiger partial charge in [0.2, 0.25) is 0 Å². The highest BCUT2D eigenvalue weighted by atomic mass is 16.2. The fourth-order valence-electron chi connectivity index (χ4n) is 2.31. The largest absolute Gasteiger partial charge is 0.351 e. The quantitative estimate of drug-likeness (QED) is 0.791. The molecule has 0 radical (unpaired) electrons. The number of benzene rings is 2. The number of nitrogens with one attached hydrogen (secondary N) is 2. The summed E-state index contributed by atoms with van der Waals surface area (Å²) in [6.45, 7) is 4.07. The maximum Gasteiger partial charge on any atom is 0.316 e. The topological polar surface area (TPSA) is 84.2 Å². The Hall–Kier alpha value is -2.82. The molecule has 0 bridgehead atoms. The zero-order valence-electron chi connectivity index (χ0n) is 13.3. The second kappa shape index (κ2) is 7.45. The summed E-state index contributed by atoms with van der Waals surface area (Å²) in [6, 6.07) is 14.1. The van der Waals surface area contributed by atoms with Crippen molar-refractivity contribution in [2.75, 3.05) is 5.32 Å². The molecule has 5 nitrogen and oxygen atoms in total. The van der Waals surface area contributed by atoms with Gasteiger partial charge in [0.05, 0.1) is 6.04 Å². The van der Waals surface area contributed by atoms with Gasteiger partial charge in [-0.05, 0) is 43.2 Å². The molecule has 0 spiro atoms. The lowest BCUT2D eigenvalue weighted by Crippen LogP contribution is -2.28. The molecule has 0 aromatic heterocycles. The van der Waals surface area contributed by atoms with Gasteiger partial charge in [-0.25, -0.2) is 4.79 Å². The van der Waals surface area contributed by atoms with E-state index in [1.54, 1.807) is 24.3 Å². The number of rotatable bonds is 5. The average molecular weight is 311 g/mol. The number of carbonyl (C=O) groups is 2. The number of carbonyl (C=O) groups excluding carboxylic acids is 2. The second-order valence-corrected chi connectivity index (χ2v) is 5.41. The van der Waals surface area contributed by atoms with Gasteiger partial charge in [0.1, 0.15) is 0 Å². The van der Waals surface area contributed by atoms with Crippen molar-refractivity contribution in [1.29, 1.82) is 0 Å². The summed E-state index contributed by atoms with van der Waals surface area (Å²) in [5, 5.41) is 5.49. The molecule has 1 atom stereocenters. The molecule has 1 unspecified atom stereocenters. The Morgan fingerprint density at radius 1 is 1.04 bits per heavy atom. The summed E-state index contributed by atoms with van der Waals surface area (Å²) in [4.78, 5) is 23.1. The van der Waals surface area contributed by atoms with Crippen LogP contribution < -0.4 is 16.4 Å². The molecule has 23 heavy (non-hydrogen) atoms. The Labute approximate surface area is 135 Å². The van der Waals surface area contributed by atoms with E-state index < -0.39 is 6.03 Å². The van der Waals surface area contributed by atoms with Crippen LogP contribution in [-0.4, -0.2) is 11.9 Å². The van der Waals surface area contributed by atoms with Gasteiger partial charge in [-0.2, -0.15) is 0 Å². The SMILES string of the molecule is CCC(NC(=O)c1ccc(NC(N)=O)cc1)c1ccc(C)cc1. The van der Waals surface area contributed by atoms with Gasteiger partial charge in [-0.15, -0.1) is 0 Å². The van der Waals surface area contributed by atoms with Crippen molar-refractivity contribution in [1.82, 2.24) is 5.32 Å². The first-order chi connectivity index (χ1) is 11.0. The molecular formula is C18H21N3O2. The molecule has 0 heterocycles. The third kappa shape index (κ3) is 4.57. The van der Waals surface area contributed by atoms with Crippen molar-refractivity contribution in [2.24, 2.45) is 5.73 Å². The molecule has 4 N–H and O–H groups in total. The number of primary amides is 1. The molecule has 0 fully saturated rings. The molecule has 120 valence electrons. The van der Waals surface area contributed by atoms with Gasteiger partial charge in [-0.3, -0.25) is 4.79 Å². The number of hydrogen-bond donors (Lipinski definition) is 3. The number of amides is 3. The van der Waals surface area contributed by atoms with E-state index in [9.17, 15) is 9.59 Å². The van der Waals surface area contributed by atoms with Gasteiger partial charge < -0.3 is 16.4 Å². The smallest absolute Gasteiger partial charge is 0.316 e. The molecule has 2 aromatic rings. The minimum absolute atomic E-state index is 0.0356. The van der Waals surface area contributed by atoms with E-state index in [0.29, 0.717) is 11.3 Å². The molecule has 0 aliphatic heterocycles. The Balaban J connectivity index is 2.07. The first-order valence-corrected chi connectivity index (χ1v) is 7.53. The summed E-state index contributed by atoms with van der Waals surface area (Å²) >= 11 is 0. The van der Waals surface area contributed by atoms with Crippen LogP contribution >= 0.6 is 0 Å². The highest BCUT2D eigenvalue weighted by Gasteiger charge is 2.14. The predicted octanol–water partition coefficient (Wildman–Crippen LogP) is 3.37. The number of anilines is 1. The van der Waals surface area contributed by atoms with Gasteiger partial charge in [0.15, 0.2) is 0 Å². The maximum atomic E-state index is 12.4. The Morgan fingerprint density at radius 2 is 1.65 bits per heavy atom. The molecular weight excluding hydrogens is 290 g/mol. The number of hydrogen-bond acceptors (Lipinski definition) is 2. The molecule has 2 aromatic carbocycles. The fourth-order valence-corrected chi connectivity index (χ4v) is 2.31. The van der Waals surface area contributed by atoms with E-state index in [2.05, 4.69) is 10.6 Å². The fraction of sp³-hybridized carbons (Fsp3) is 0.222. The highest BCUT2D eigenvalue weighted by Crippen LogP contribution is 2.18. The van der Waals surface area contributed by atoms with Crippen LogP contribution in [-0.2, 0) is 0 Å². The molecule has 0 saturated carbocycles. The summed E-state index contributed by atoms with van der Waals surface area (Å²) in [6.07, 6.45) is 0.802. The van der Waals surface area contributed by atoms with Crippen LogP contribution in [0.5, 0.6) is 0 Å². The van der Waals surface area contributed by atoms with Crippen molar-refractivity contribution in [3.8, 4) is 0 Å². The van der Waals surface area contributed by atoms with Crippen molar-refractivity contribution < 1.29 is 9.59 Å². The lowest BCUT2D eigenvalue weighted by atomic mass is 10.0. The molecule has 0 aliphatic rings. The molecule has 3 amide bonds. The van der Waals surface area contributed by atoms with E-state index in [0.717, 1.165) is 12.0 Å². The third-order valence-electron chi connectivity index (χ3n) is 3.61. The summed E-state index contributed by atoms with van der Waals surface area (Å²) < 4.78 is 0. The van der Waals surface area contributed by atoms with E-state index in [1.165, 1.54) is 5.56 Å². The molecule has 0 saturated heterocycles. The van der Waals surface area contributed by atoms with Gasteiger partial charge in [-0.1, -0.05) is 36.8 Å². The highest BCUT2D eigenvalue weighted by molar-refractivity contribution is 5.95. The standard InChI is InChI=1S/C18H21N3O2/c1-3-16(13-6-4-12(2)5-7-13)21-17(22)14-8-10-15(11-9-14)20-18(19)23/h4-11,16H,3H2,1-2H3,(H,21,22)(H3,19,20,23). The van der Waals surface area contributed by atoms with E-state index >= 15 is 0 Å². The average Bonchev–Trinajstić information content (AvgIpc) is 2.53. The first kappa shape index (κ1) is 16.5. The summed E-state index contributed by atoms with van der Waals surface area (Å²) in [7, 11) is 0. The first-order valence-electron chi connectivity index (χ1n) is 7.53. The van der Waals surface area contributed by atoms with Crippen LogP contribution in [0.25, 0.3) is 0 Å². The van der Waals surface area contributed by atoms with Gasteiger partial charge >= 0.3 is 6.03 Å². The lowest BCUT2D eigenvalue weighted by molar-refractivity contribution is 0.0935. The Morgan fingerprint density at radius 3 is 2.17 bits per heavy atom. The summed E-state index contributed by atoms with van der Waals surface area (Å²) in [5.74, 6) is -0.150. The van der Waals surface area contributed by atoms with Crippen LogP contribution in [0.4, 0.5) is 10.5 Å². The number of urea groups is 1. The minimum atomic E-state index is -0.632. The Bertz CT molecular complexity index is 678. The van der Waals surface area contributed by atoms with Crippen molar-refractivity contribution in [2.45, 2.75) is 26.3 Å². The van der Waals surface area contributed by atoms with Crippen LogP contribution in [0, 0.1) is 6.92 Å². The second-order valence-electron chi connectivity index (χ2n) is 5.41. The monoisotopic (exact) mass is 311 g/mol. The van der Waals surface area contributed by atoms with Crippen molar-refractivity contribution in [3.05, 3.63) is 65.2 Å². The zero-order valence-corrected chi connectivity index (χ0v) is 13.3. The lowest BCUT2D eigenvalue weighted by Gasteiger charge is -2.18. The van der Waals surface area contributed by atoms with Crippen molar-refractivity contribution >= 4 is 17.6 Å². The maximum absolute atomic E-state index is 12.4. The van der Waals surface area contributed by atoms with E-state index in [1.807, 2.05) is 38.1 Å². The normalized spacial score (nSPS) is 11.6. The van der Waals surface area contributed by atoms with Gasteiger partial charge in [0, 0.05) is 11.3 Å². The van der Waals surface area contributed by atoms with E-state index in [-0.39, 0.29) is 11.9 Å². The van der Waals surface area contributed by atoms with Crippen LogP contribution in [0.3, 0.4) is 0 Å². The summed E-state index contributed by atoms with van der Waals surface area (Å²) in [5.41, 5.74) is 8.41. The predicted molar refractivity (Wildman–Crippen MR) is 91.3 cm³/mol. The van der Waals surface area contributed by atoms with Gasteiger partial charge in [0.25, 0.3) is 5.91 Å². The molecule has 0 aliphatic carbocycles. The molecule has 2 rings (SSSR count). The van der Waals surface area contributed by atoms with Crippen LogP contribution in [0.2, 0.25) is 0 Å².